The summed E-state index contributed by atoms with van der Waals surface area (Å²) < 4.78 is 15.2. The lowest BCUT2D eigenvalue weighted by atomic mass is 10.3. The number of anilines is 1. The summed E-state index contributed by atoms with van der Waals surface area (Å²) in [5.74, 6) is 2.15. The molecule has 0 bridgehead atoms. The van der Waals surface area contributed by atoms with Crippen molar-refractivity contribution in [1.82, 2.24) is 0 Å². The van der Waals surface area contributed by atoms with Gasteiger partial charge in [0.25, 0.3) is 0 Å². The standard InChI is InChI=1S/C15H15NO4/c1-18-12-7-9-14(10-8-12)20-13-5-3-11(4-6-13)16-15(17)19-2/h3-10H,1-2H3,(H,16,17). The minimum Gasteiger partial charge on any atom is -0.497 e. The third kappa shape index (κ3) is 3.65. The van der Waals surface area contributed by atoms with Crippen LogP contribution in [0, 0.1) is 0 Å². The fraction of sp³-hybridized carbons (Fsp3) is 0.133. The zero-order valence-electron chi connectivity index (χ0n) is 11.3. The summed E-state index contributed by atoms with van der Waals surface area (Å²) in [5, 5.41) is 2.56. The zero-order chi connectivity index (χ0) is 14.4. The second kappa shape index (κ2) is 6.47. The van der Waals surface area contributed by atoms with E-state index in [4.69, 9.17) is 9.47 Å². The molecule has 104 valence electrons. The van der Waals surface area contributed by atoms with Crippen LogP contribution in [0.3, 0.4) is 0 Å². The van der Waals surface area contributed by atoms with Crippen LogP contribution in [0.4, 0.5) is 10.5 Å². The maximum Gasteiger partial charge on any atom is 0.411 e. The Morgan fingerprint density at radius 2 is 1.35 bits per heavy atom. The molecule has 0 saturated heterocycles. The van der Waals surface area contributed by atoms with Gasteiger partial charge in [-0.3, -0.25) is 5.32 Å². The molecule has 0 spiro atoms. The fourth-order valence-electron chi connectivity index (χ4n) is 1.56. The summed E-state index contributed by atoms with van der Waals surface area (Å²) in [7, 11) is 2.93. The molecule has 0 aliphatic rings. The number of benzene rings is 2. The van der Waals surface area contributed by atoms with E-state index >= 15 is 0 Å². The van der Waals surface area contributed by atoms with Gasteiger partial charge in [-0.1, -0.05) is 0 Å². The Balaban J connectivity index is 2.00. The molecule has 5 heteroatoms. The van der Waals surface area contributed by atoms with E-state index < -0.39 is 6.09 Å². The highest BCUT2D eigenvalue weighted by molar-refractivity contribution is 5.84. The molecule has 0 heterocycles. The van der Waals surface area contributed by atoms with Crippen LogP contribution >= 0.6 is 0 Å². The normalized spacial score (nSPS) is 9.70. The number of hydrogen-bond acceptors (Lipinski definition) is 4. The summed E-state index contributed by atoms with van der Waals surface area (Å²) in [6.45, 7) is 0. The molecule has 0 atom stereocenters. The average molecular weight is 273 g/mol. The van der Waals surface area contributed by atoms with Crippen LogP contribution in [0.2, 0.25) is 0 Å². The van der Waals surface area contributed by atoms with Crippen molar-refractivity contribution in [2.24, 2.45) is 0 Å². The quantitative estimate of drug-likeness (QED) is 0.923. The summed E-state index contributed by atoms with van der Waals surface area (Å²) in [6.07, 6.45) is -0.506. The van der Waals surface area contributed by atoms with Crippen LogP contribution in [-0.2, 0) is 4.74 Å². The van der Waals surface area contributed by atoms with Crippen molar-refractivity contribution in [3.8, 4) is 17.2 Å². The van der Waals surface area contributed by atoms with Gasteiger partial charge in [-0.25, -0.2) is 4.79 Å². The highest BCUT2D eigenvalue weighted by Gasteiger charge is 2.02. The van der Waals surface area contributed by atoms with Gasteiger partial charge >= 0.3 is 6.09 Å². The molecule has 0 unspecified atom stereocenters. The number of ether oxygens (including phenoxy) is 3. The summed E-state index contributed by atoms with van der Waals surface area (Å²) in [5.41, 5.74) is 0.638. The molecule has 20 heavy (non-hydrogen) atoms. The molecule has 1 amide bonds. The maximum atomic E-state index is 11.0. The number of carbonyl (C=O) groups excluding carboxylic acids is 1. The Morgan fingerprint density at radius 1 is 0.850 bits per heavy atom. The van der Waals surface area contributed by atoms with Crippen LogP contribution in [0.15, 0.2) is 48.5 Å². The van der Waals surface area contributed by atoms with Crippen molar-refractivity contribution < 1.29 is 19.0 Å². The molecule has 0 saturated carbocycles. The highest BCUT2D eigenvalue weighted by atomic mass is 16.5. The van der Waals surface area contributed by atoms with E-state index in [0.29, 0.717) is 17.2 Å². The predicted molar refractivity (Wildman–Crippen MR) is 75.5 cm³/mol. The predicted octanol–water partition coefficient (Wildman–Crippen LogP) is 3.67. The van der Waals surface area contributed by atoms with Crippen molar-refractivity contribution >= 4 is 11.8 Å². The number of nitrogens with one attached hydrogen (secondary N) is 1. The minimum absolute atomic E-state index is 0.506. The summed E-state index contributed by atoms with van der Waals surface area (Å²) in [4.78, 5) is 11.0. The number of hydrogen-bond donors (Lipinski definition) is 1. The van der Waals surface area contributed by atoms with E-state index in [1.165, 1.54) is 7.11 Å². The lowest BCUT2D eigenvalue weighted by molar-refractivity contribution is 0.187. The second-order valence-corrected chi connectivity index (χ2v) is 3.92. The Morgan fingerprint density at radius 3 is 1.85 bits per heavy atom. The SMILES string of the molecule is COC(=O)Nc1ccc(Oc2ccc(OC)cc2)cc1. The lowest BCUT2D eigenvalue weighted by Crippen LogP contribution is -2.10. The van der Waals surface area contributed by atoms with Gasteiger partial charge < -0.3 is 14.2 Å². The van der Waals surface area contributed by atoms with E-state index in [2.05, 4.69) is 10.1 Å². The molecule has 2 aromatic carbocycles. The molecular weight excluding hydrogens is 258 g/mol. The first-order valence-corrected chi connectivity index (χ1v) is 5.98. The summed E-state index contributed by atoms with van der Waals surface area (Å²) in [6, 6.07) is 14.3. The first-order chi connectivity index (χ1) is 9.71. The molecule has 5 nitrogen and oxygen atoms in total. The largest absolute Gasteiger partial charge is 0.497 e. The van der Waals surface area contributed by atoms with Gasteiger partial charge in [-0.15, -0.1) is 0 Å². The average Bonchev–Trinajstić information content (AvgIpc) is 2.50. The molecule has 0 aliphatic carbocycles. The van der Waals surface area contributed by atoms with E-state index in [1.54, 1.807) is 31.4 Å². The van der Waals surface area contributed by atoms with E-state index in [9.17, 15) is 4.79 Å². The van der Waals surface area contributed by atoms with E-state index in [1.807, 2.05) is 24.3 Å². The molecule has 1 N–H and O–H groups in total. The monoisotopic (exact) mass is 273 g/mol. The Kier molecular flexibility index (Phi) is 4.44. The number of carbonyl (C=O) groups is 1. The van der Waals surface area contributed by atoms with Crippen LogP contribution in [0.5, 0.6) is 17.2 Å². The van der Waals surface area contributed by atoms with Crippen molar-refractivity contribution in [3.63, 3.8) is 0 Å². The van der Waals surface area contributed by atoms with Gasteiger partial charge in [0.1, 0.15) is 17.2 Å². The molecular formula is C15H15NO4. The zero-order valence-corrected chi connectivity index (χ0v) is 11.3. The minimum atomic E-state index is -0.506. The first kappa shape index (κ1) is 13.7. The Labute approximate surface area is 117 Å². The van der Waals surface area contributed by atoms with Crippen molar-refractivity contribution in [1.29, 1.82) is 0 Å². The molecule has 0 aliphatic heterocycles. The van der Waals surface area contributed by atoms with Crippen LogP contribution < -0.4 is 14.8 Å². The van der Waals surface area contributed by atoms with Crippen LogP contribution in [-0.4, -0.2) is 20.3 Å². The molecule has 0 aromatic heterocycles. The van der Waals surface area contributed by atoms with Gasteiger partial charge in [-0.2, -0.15) is 0 Å². The van der Waals surface area contributed by atoms with Crippen molar-refractivity contribution in [2.75, 3.05) is 19.5 Å². The smallest absolute Gasteiger partial charge is 0.411 e. The van der Waals surface area contributed by atoms with Gasteiger partial charge in [0.15, 0.2) is 0 Å². The maximum absolute atomic E-state index is 11.0. The van der Waals surface area contributed by atoms with Crippen molar-refractivity contribution in [3.05, 3.63) is 48.5 Å². The fourth-order valence-corrected chi connectivity index (χ4v) is 1.56. The van der Waals surface area contributed by atoms with E-state index in [-0.39, 0.29) is 0 Å². The molecule has 0 radical (unpaired) electrons. The van der Waals surface area contributed by atoms with Gasteiger partial charge in [0.05, 0.1) is 14.2 Å². The Hall–Kier alpha value is -2.69. The van der Waals surface area contributed by atoms with Gasteiger partial charge in [0, 0.05) is 5.69 Å². The number of rotatable bonds is 4. The lowest BCUT2D eigenvalue weighted by Gasteiger charge is -2.08. The van der Waals surface area contributed by atoms with Gasteiger partial charge in [0.2, 0.25) is 0 Å². The molecule has 2 aromatic rings. The Bertz CT molecular complexity index is 563. The van der Waals surface area contributed by atoms with Crippen LogP contribution in [0.1, 0.15) is 0 Å². The molecule has 0 fully saturated rings. The summed E-state index contributed by atoms with van der Waals surface area (Å²) >= 11 is 0. The number of methoxy groups -OCH3 is 2. The van der Waals surface area contributed by atoms with Crippen molar-refractivity contribution in [2.45, 2.75) is 0 Å². The topological polar surface area (TPSA) is 56.8 Å². The molecule has 2 rings (SSSR count). The van der Waals surface area contributed by atoms with E-state index in [0.717, 1.165) is 5.75 Å². The van der Waals surface area contributed by atoms with Crippen LogP contribution in [0.25, 0.3) is 0 Å². The second-order valence-electron chi connectivity index (χ2n) is 3.92. The first-order valence-electron chi connectivity index (χ1n) is 5.98. The third-order valence-corrected chi connectivity index (χ3v) is 2.58. The number of amides is 1. The van der Waals surface area contributed by atoms with Gasteiger partial charge in [-0.05, 0) is 48.5 Å². The third-order valence-electron chi connectivity index (χ3n) is 2.58. The highest BCUT2D eigenvalue weighted by Crippen LogP contribution is 2.24.